The van der Waals surface area contributed by atoms with Crippen LogP contribution in [0.1, 0.15) is 24.0 Å². The second kappa shape index (κ2) is 7.12. The summed E-state index contributed by atoms with van der Waals surface area (Å²) in [5, 5.41) is 0. The molecular formula is C20H29N3O3S. The Hall–Kier alpha value is -0.990. The van der Waals surface area contributed by atoms with Crippen molar-refractivity contribution in [2.45, 2.75) is 37.8 Å². The van der Waals surface area contributed by atoms with Crippen LogP contribution in [0, 0.1) is 5.92 Å². The van der Waals surface area contributed by atoms with E-state index in [1.54, 1.807) is 4.31 Å². The minimum absolute atomic E-state index is 0.111. The highest BCUT2D eigenvalue weighted by Crippen LogP contribution is 2.34. The predicted octanol–water partition coefficient (Wildman–Crippen LogP) is 1.13. The van der Waals surface area contributed by atoms with Crippen LogP contribution in [0.3, 0.4) is 0 Å². The number of benzene rings is 1. The van der Waals surface area contributed by atoms with Gasteiger partial charge in [-0.3, -0.25) is 4.90 Å². The van der Waals surface area contributed by atoms with Crippen molar-refractivity contribution in [3.63, 3.8) is 0 Å². The minimum atomic E-state index is -3.38. The van der Waals surface area contributed by atoms with Crippen molar-refractivity contribution < 1.29 is 13.2 Å². The summed E-state index contributed by atoms with van der Waals surface area (Å²) in [4.78, 5) is 2.59. The zero-order valence-electron chi connectivity index (χ0n) is 15.8. The average Bonchev–Trinajstić information content (AvgIpc) is 2.91. The summed E-state index contributed by atoms with van der Waals surface area (Å²) in [7, 11) is -3.38. The first-order valence-electron chi connectivity index (χ1n) is 10.3. The lowest BCUT2D eigenvalue weighted by Crippen LogP contribution is -2.55. The zero-order chi connectivity index (χ0) is 18.4. The van der Waals surface area contributed by atoms with Gasteiger partial charge in [-0.1, -0.05) is 24.3 Å². The summed E-state index contributed by atoms with van der Waals surface area (Å²) in [5.74, 6) is 0.447. The first-order valence-corrected chi connectivity index (χ1v) is 11.7. The third-order valence-electron chi connectivity index (χ3n) is 6.83. The van der Waals surface area contributed by atoms with Crippen LogP contribution in [-0.4, -0.2) is 79.9 Å². The highest BCUT2D eigenvalue weighted by molar-refractivity contribution is 7.86. The highest BCUT2D eigenvalue weighted by atomic mass is 32.2. The molecule has 0 amide bonds. The van der Waals surface area contributed by atoms with Gasteiger partial charge in [-0.2, -0.15) is 17.0 Å². The van der Waals surface area contributed by atoms with Gasteiger partial charge in [0.15, 0.2) is 0 Å². The Morgan fingerprint density at radius 3 is 2.30 bits per heavy atom. The topological polar surface area (TPSA) is 53.1 Å². The van der Waals surface area contributed by atoms with E-state index < -0.39 is 10.2 Å². The molecule has 0 spiro atoms. The number of ether oxygens (including phenoxy) is 1. The van der Waals surface area contributed by atoms with Gasteiger partial charge in [-0.15, -0.1) is 0 Å². The van der Waals surface area contributed by atoms with Crippen molar-refractivity contribution >= 4 is 10.2 Å². The molecule has 2 atom stereocenters. The third-order valence-corrected chi connectivity index (χ3v) is 8.89. The van der Waals surface area contributed by atoms with Crippen LogP contribution in [-0.2, 0) is 27.8 Å². The van der Waals surface area contributed by atoms with E-state index in [1.165, 1.54) is 11.1 Å². The third kappa shape index (κ3) is 3.34. The molecule has 4 fully saturated rings. The standard InChI is InChI=1S/C20H29N3O3S/c24-27(25,22-7-9-26-10-8-22)23-14-16-5-6-19(23)15-21(13-16)20-11-17-3-1-2-4-18(17)12-20/h1-4,16,19-20H,5-15H2/t16-,19+/m0/s1. The molecule has 27 heavy (non-hydrogen) atoms. The molecule has 4 saturated heterocycles. The quantitative estimate of drug-likeness (QED) is 0.775. The number of hydrogen-bond donors (Lipinski definition) is 0. The summed E-state index contributed by atoms with van der Waals surface area (Å²) in [5.41, 5.74) is 2.94. The van der Waals surface area contributed by atoms with Crippen LogP contribution < -0.4 is 0 Å². The number of rotatable bonds is 3. The van der Waals surface area contributed by atoms with Gasteiger partial charge in [-0.05, 0) is 42.7 Å². The fourth-order valence-corrected chi connectivity index (χ4v) is 7.23. The van der Waals surface area contributed by atoms with E-state index in [0.717, 1.165) is 38.8 Å². The summed E-state index contributed by atoms with van der Waals surface area (Å²) in [6.45, 7) is 4.57. The maximum absolute atomic E-state index is 13.3. The molecule has 6 nitrogen and oxygen atoms in total. The smallest absolute Gasteiger partial charge is 0.282 e. The van der Waals surface area contributed by atoms with Gasteiger partial charge < -0.3 is 4.74 Å². The molecule has 148 valence electrons. The summed E-state index contributed by atoms with van der Waals surface area (Å²) in [6.07, 6.45) is 4.35. The van der Waals surface area contributed by atoms with E-state index in [2.05, 4.69) is 29.2 Å². The van der Waals surface area contributed by atoms with E-state index in [0.29, 0.717) is 44.8 Å². The largest absolute Gasteiger partial charge is 0.379 e. The molecule has 0 unspecified atom stereocenters. The Morgan fingerprint density at radius 1 is 0.889 bits per heavy atom. The fourth-order valence-electron chi connectivity index (χ4n) is 5.38. The lowest BCUT2D eigenvalue weighted by atomic mass is 9.97. The van der Waals surface area contributed by atoms with Crippen LogP contribution in [0.5, 0.6) is 0 Å². The van der Waals surface area contributed by atoms with Crippen molar-refractivity contribution in [2.24, 2.45) is 5.92 Å². The second-order valence-corrected chi connectivity index (χ2v) is 10.4. The lowest BCUT2D eigenvalue weighted by Gasteiger charge is -2.39. The zero-order valence-corrected chi connectivity index (χ0v) is 16.6. The number of piperidine rings is 1. The van der Waals surface area contributed by atoms with E-state index >= 15 is 0 Å². The van der Waals surface area contributed by atoms with Crippen molar-refractivity contribution in [1.29, 1.82) is 0 Å². The Bertz CT molecular complexity index is 768. The van der Waals surface area contributed by atoms with Crippen molar-refractivity contribution in [2.75, 3.05) is 45.9 Å². The first kappa shape index (κ1) is 18.1. The van der Waals surface area contributed by atoms with Crippen LogP contribution in [0.2, 0.25) is 0 Å². The molecule has 1 aromatic rings. The van der Waals surface area contributed by atoms with Gasteiger partial charge in [-0.25, -0.2) is 0 Å². The van der Waals surface area contributed by atoms with Gasteiger partial charge >= 0.3 is 0 Å². The van der Waals surface area contributed by atoms with Gasteiger partial charge in [0, 0.05) is 44.8 Å². The highest BCUT2D eigenvalue weighted by Gasteiger charge is 2.44. The monoisotopic (exact) mass is 391 g/mol. The predicted molar refractivity (Wildman–Crippen MR) is 104 cm³/mol. The first-order chi connectivity index (χ1) is 13.1. The van der Waals surface area contributed by atoms with Crippen LogP contribution in [0.15, 0.2) is 24.3 Å². The van der Waals surface area contributed by atoms with Crippen molar-refractivity contribution in [3.8, 4) is 0 Å². The maximum atomic E-state index is 13.3. The molecule has 0 radical (unpaired) electrons. The summed E-state index contributed by atoms with van der Waals surface area (Å²) >= 11 is 0. The molecular weight excluding hydrogens is 362 g/mol. The van der Waals surface area contributed by atoms with Gasteiger partial charge in [0.25, 0.3) is 10.2 Å². The SMILES string of the molecule is O=S(=O)(N1CCOCC1)N1C[C@H]2CC[C@@H]1CN(C1Cc3ccccc3C1)C2. The molecule has 1 aromatic carbocycles. The molecule has 0 aromatic heterocycles. The van der Waals surface area contributed by atoms with E-state index in [9.17, 15) is 8.42 Å². The molecule has 0 saturated carbocycles. The van der Waals surface area contributed by atoms with E-state index in [1.807, 2.05) is 4.31 Å². The molecule has 2 bridgehead atoms. The average molecular weight is 392 g/mol. The number of fused-ring (bicyclic) bond motifs is 5. The number of hydrogen-bond acceptors (Lipinski definition) is 4. The van der Waals surface area contributed by atoms with E-state index in [4.69, 9.17) is 4.74 Å². The Labute approximate surface area is 162 Å². The molecule has 1 aliphatic carbocycles. The number of nitrogens with zero attached hydrogens (tertiary/aromatic N) is 3. The van der Waals surface area contributed by atoms with E-state index in [-0.39, 0.29) is 6.04 Å². The Balaban J connectivity index is 1.33. The second-order valence-electron chi connectivity index (χ2n) is 8.47. The minimum Gasteiger partial charge on any atom is -0.379 e. The number of morpholine rings is 1. The molecule has 4 aliphatic heterocycles. The molecule has 6 rings (SSSR count). The molecule has 7 heteroatoms. The van der Waals surface area contributed by atoms with Gasteiger partial charge in [0.2, 0.25) is 0 Å². The molecule has 5 aliphatic rings. The van der Waals surface area contributed by atoms with Gasteiger partial charge in [0.05, 0.1) is 13.2 Å². The van der Waals surface area contributed by atoms with Crippen LogP contribution in [0.4, 0.5) is 0 Å². The maximum Gasteiger partial charge on any atom is 0.282 e. The lowest BCUT2D eigenvalue weighted by molar-refractivity contribution is 0.0677. The fraction of sp³-hybridized carbons (Fsp3) is 0.700. The molecule has 4 heterocycles. The summed E-state index contributed by atoms with van der Waals surface area (Å²) < 4.78 is 35.3. The van der Waals surface area contributed by atoms with Crippen molar-refractivity contribution in [3.05, 3.63) is 35.4 Å². The Morgan fingerprint density at radius 2 is 1.59 bits per heavy atom. The molecule has 0 N–H and O–H groups in total. The normalized spacial score (nSPS) is 31.1. The van der Waals surface area contributed by atoms with Gasteiger partial charge in [0.1, 0.15) is 0 Å². The van der Waals surface area contributed by atoms with Crippen LogP contribution >= 0.6 is 0 Å². The van der Waals surface area contributed by atoms with Crippen molar-refractivity contribution in [1.82, 2.24) is 13.5 Å². The summed E-state index contributed by atoms with van der Waals surface area (Å²) in [6, 6.07) is 9.39. The van der Waals surface area contributed by atoms with Crippen LogP contribution in [0.25, 0.3) is 0 Å². The Kier molecular flexibility index (Phi) is 4.76.